The van der Waals surface area contributed by atoms with Gasteiger partial charge in [-0.1, -0.05) is 26.2 Å². The van der Waals surface area contributed by atoms with Crippen molar-refractivity contribution in [3.05, 3.63) is 0 Å². The first-order chi connectivity index (χ1) is 7.84. The lowest BCUT2D eigenvalue weighted by Gasteiger charge is -2.17. The Kier molecular flexibility index (Phi) is 7.81. The minimum atomic E-state index is -0.266. The Bertz CT molecular complexity index is 155. The van der Waals surface area contributed by atoms with Crippen LogP contribution in [-0.2, 0) is 9.47 Å². The summed E-state index contributed by atoms with van der Waals surface area (Å²) in [7, 11) is 0. The van der Waals surface area contributed by atoms with E-state index >= 15 is 0 Å². The van der Waals surface area contributed by atoms with Gasteiger partial charge in [0.05, 0.1) is 25.9 Å². The first-order valence-corrected chi connectivity index (χ1v) is 6.68. The van der Waals surface area contributed by atoms with Gasteiger partial charge in [0.2, 0.25) is 0 Å². The van der Waals surface area contributed by atoms with Gasteiger partial charge in [-0.25, -0.2) is 0 Å². The van der Waals surface area contributed by atoms with Crippen LogP contribution in [0.3, 0.4) is 0 Å². The third kappa shape index (κ3) is 5.83. The van der Waals surface area contributed by atoms with Gasteiger partial charge in [-0.05, 0) is 25.2 Å². The van der Waals surface area contributed by atoms with Crippen LogP contribution in [0.4, 0.5) is 0 Å². The molecule has 96 valence electrons. The van der Waals surface area contributed by atoms with Crippen LogP contribution in [0.1, 0.15) is 45.4 Å². The maximum atomic E-state index is 9.82. The molecular formula is C13H26O3. The summed E-state index contributed by atoms with van der Waals surface area (Å²) < 4.78 is 10.8. The minimum absolute atomic E-state index is 0.266. The zero-order valence-corrected chi connectivity index (χ0v) is 10.5. The second-order valence-electron chi connectivity index (χ2n) is 4.65. The van der Waals surface area contributed by atoms with Crippen LogP contribution in [0.15, 0.2) is 0 Å². The van der Waals surface area contributed by atoms with Crippen molar-refractivity contribution in [2.45, 2.75) is 51.6 Å². The second-order valence-corrected chi connectivity index (χ2v) is 4.65. The van der Waals surface area contributed by atoms with Crippen molar-refractivity contribution in [3.63, 3.8) is 0 Å². The van der Waals surface area contributed by atoms with Gasteiger partial charge >= 0.3 is 0 Å². The van der Waals surface area contributed by atoms with Gasteiger partial charge < -0.3 is 14.6 Å². The van der Waals surface area contributed by atoms with Crippen molar-refractivity contribution in [2.75, 3.05) is 26.4 Å². The first-order valence-electron chi connectivity index (χ1n) is 6.68. The second kappa shape index (κ2) is 8.97. The molecule has 0 amide bonds. The molecule has 0 aromatic rings. The molecule has 16 heavy (non-hydrogen) atoms. The molecule has 0 radical (unpaired) electrons. The SMILES string of the molecule is CCCCOCCOCC(O)C1CCCC1. The summed E-state index contributed by atoms with van der Waals surface area (Å²) in [5, 5.41) is 9.82. The lowest BCUT2D eigenvalue weighted by molar-refractivity contribution is -0.0160. The number of aliphatic hydroxyl groups is 1. The molecule has 1 saturated carbocycles. The van der Waals surface area contributed by atoms with E-state index in [4.69, 9.17) is 9.47 Å². The van der Waals surface area contributed by atoms with Crippen molar-refractivity contribution in [2.24, 2.45) is 5.92 Å². The summed E-state index contributed by atoms with van der Waals surface area (Å²) in [6.45, 7) is 4.70. The molecule has 3 heteroatoms. The third-order valence-corrected chi connectivity index (χ3v) is 3.25. The van der Waals surface area contributed by atoms with Crippen LogP contribution in [0.2, 0.25) is 0 Å². The van der Waals surface area contributed by atoms with Crippen LogP contribution in [0.5, 0.6) is 0 Å². The van der Waals surface area contributed by atoms with E-state index in [0.29, 0.717) is 25.7 Å². The molecule has 0 aromatic carbocycles. The summed E-state index contributed by atoms with van der Waals surface area (Å²) in [6.07, 6.45) is 6.88. The molecule has 0 heterocycles. The van der Waals surface area contributed by atoms with Crippen molar-refractivity contribution in [1.82, 2.24) is 0 Å². The van der Waals surface area contributed by atoms with E-state index in [1.54, 1.807) is 0 Å². The molecule has 1 atom stereocenters. The van der Waals surface area contributed by atoms with Gasteiger partial charge in [0.25, 0.3) is 0 Å². The maximum Gasteiger partial charge on any atom is 0.0801 e. The van der Waals surface area contributed by atoms with E-state index in [1.807, 2.05) is 0 Å². The quantitative estimate of drug-likeness (QED) is 0.618. The number of unbranched alkanes of at least 4 members (excludes halogenated alkanes) is 1. The van der Waals surface area contributed by atoms with Crippen LogP contribution >= 0.6 is 0 Å². The lowest BCUT2D eigenvalue weighted by atomic mass is 10.0. The first kappa shape index (κ1) is 13.9. The van der Waals surface area contributed by atoms with Gasteiger partial charge in [0.1, 0.15) is 0 Å². The molecule has 1 aliphatic rings. The Morgan fingerprint density at radius 1 is 1.12 bits per heavy atom. The highest BCUT2D eigenvalue weighted by atomic mass is 16.5. The molecule has 1 unspecified atom stereocenters. The molecule has 0 aromatic heterocycles. The van der Waals surface area contributed by atoms with Gasteiger partial charge in [-0.15, -0.1) is 0 Å². The van der Waals surface area contributed by atoms with E-state index in [0.717, 1.165) is 25.9 Å². The number of ether oxygens (including phenoxy) is 2. The van der Waals surface area contributed by atoms with E-state index in [-0.39, 0.29) is 6.10 Å². The van der Waals surface area contributed by atoms with Gasteiger partial charge in [0, 0.05) is 6.61 Å². The Hall–Kier alpha value is -0.120. The molecule has 0 spiro atoms. The van der Waals surface area contributed by atoms with E-state index in [2.05, 4.69) is 6.92 Å². The fourth-order valence-electron chi connectivity index (χ4n) is 2.15. The molecular weight excluding hydrogens is 204 g/mol. The van der Waals surface area contributed by atoms with Crippen molar-refractivity contribution < 1.29 is 14.6 Å². The summed E-state index contributed by atoms with van der Waals surface area (Å²) >= 11 is 0. The number of aliphatic hydroxyl groups excluding tert-OH is 1. The predicted octanol–water partition coefficient (Wildman–Crippen LogP) is 2.37. The van der Waals surface area contributed by atoms with Crippen LogP contribution < -0.4 is 0 Å². The minimum Gasteiger partial charge on any atom is -0.390 e. The van der Waals surface area contributed by atoms with Gasteiger partial charge in [-0.3, -0.25) is 0 Å². The molecule has 3 nitrogen and oxygen atoms in total. The average Bonchev–Trinajstić information content (AvgIpc) is 2.81. The zero-order valence-electron chi connectivity index (χ0n) is 10.5. The number of hydrogen-bond acceptors (Lipinski definition) is 3. The Balaban J connectivity index is 1.86. The Labute approximate surface area is 99.1 Å². The summed E-state index contributed by atoms with van der Waals surface area (Å²) in [5.41, 5.74) is 0. The molecule has 0 saturated heterocycles. The lowest BCUT2D eigenvalue weighted by Crippen LogP contribution is -2.24. The van der Waals surface area contributed by atoms with Crippen molar-refractivity contribution in [1.29, 1.82) is 0 Å². The Morgan fingerprint density at radius 2 is 1.81 bits per heavy atom. The van der Waals surface area contributed by atoms with E-state index in [9.17, 15) is 5.11 Å². The molecule has 0 aliphatic heterocycles. The normalized spacial score (nSPS) is 19.1. The highest BCUT2D eigenvalue weighted by molar-refractivity contribution is 4.74. The smallest absolute Gasteiger partial charge is 0.0801 e. The number of rotatable bonds is 9. The van der Waals surface area contributed by atoms with Crippen molar-refractivity contribution in [3.8, 4) is 0 Å². The molecule has 1 aliphatic carbocycles. The maximum absolute atomic E-state index is 9.82. The zero-order chi connectivity index (χ0) is 11.6. The van der Waals surface area contributed by atoms with Crippen molar-refractivity contribution >= 4 is 0 Å². The fraction of sp³-hybridized carbons (Fsp3) is 1.00. The van der Waals surface area contributed by atoms with E-state index < -0.39 is 0 Å². The largest absolute Gasteiger partial charge is 0.390 e. The number of hydrogen-bond donors (Lipinski definition) is 1. The van der Waals surface area contributed by atoms with Gasteiger partial charge in [0.15, 0.2) is 0 Å². The molecule has 1 rings (SSSR count). The topological polar surface area (TPSA) is 38.7 Å². The predicted molar refractivity (Wildman–Crippen MR) is 64.5 cm³/mol. The average molecular weight is 230 g/mol. The van der Waals surface area contributed by atoms with Crippen LogP contribution in [0.25, 0.3) is 0 Å². The summed E-state index contributed by atoms with van der Waals surface area (Å²) in [6, 6.07) is 0. The highest BCUT2D eigenvalue weighted by Crippen LogP contribution is 2.27. The van der Waals surface area contributed by atoms with Gasteiger partial charge in [-0.2, -0.15) is 0 Å². The summed E-state index contributed by atoms with van der Waals surface area (Å²) in [5.74, 6) is 0.473. The molecule has 1 fully saturated rings. The van der Waals surface area contributed by atoms with E-state index in [1.165, 1.54) is 19.3 Å². The highest BCUT2D eigenvalue weighted by Gasteiger charge is 2.22. The monoisotopic (exact) mass is 230 g/mol. The van der Waals surface area contributed by atoms with Crippen LogP contribution in [0, 0.1) is 5.92 Å². The third-order valence-electron chi connectivity index (χ3n) is 3.25. The standard InChI is InChI=1S/C13H26O3/c1-2-3-8-15-9-10-16-11-13(14)12-6-4-5-7-12/h12-14H,2-11H2,1H3. The molecule has 1 N–H and O–H groups in total. The summed E-state index contributed by atoms with van der Waals surface area (Å²) in [4.78, 5) is 0. The Morgan fingerprint density at radius 3 is 2.50 bits per heavy atom. The fourth-order valence-corrected chi connectivity index (χ4v) is 2.15. The molecule has 0 bridgehead atoms. The van der Waals surface area contributed by atoms with Crippen LogP contribution in [-0.4, -0.2) is 37.6 Å².